The van der Waals surface area contributed by atoms with E-state index < -0.39 is 19.9 Å². The fourth-order valence-electron chi connectivity index (χ4n) is 1.63. The maximum atomic E-state index is 12.6. The number of aromatic nitrogens is 1. The van der Waals surface area contributed by atoms with Gasteiger partial charge in [0.15, 0.2) is 0 Å². The first-order valence-corrected chi connectivity index (χ1v) is 10.5. The summed E-state index contributed by atoms with van der Waals surface area (Å²) in [6, 6.07) is 9.19. The van der Waals surface area contributed by atoms with Crippen molar-refractivity contribution in [2.24, 2.45) is 0 Å². The van der Waals surface area contributed by atoms with E-state index in [1.165, 1.54) is 6.07 Å². The van der Waals surface area contributed by atoms with Gasteiger partial charge in [0.25, 0.3) is 0 Å². The molecule has 1 aromatic heterocycles. The number of halogens is 3. The molecule has 1 aromatic carbocycles. The Balaban J connectivity index is 2.14. The smallest absolute Gasteiger partial charge is 0.433 e. The van der Waals surface area contributed by atoms with E-state index in [1.807, 2.05) is 0 Å². The maximum absolute atomic E-state index is 12.6. The molecule has 0 aliphatic heterocycles. The molecule has 2 rings (SSSR count). The molecule has 0 atom stereocenters. The first-order chi connectivity index (χ1) is 10.6. The predicted molar refractivity (Wildman–Crippen MR) is 86.0 cm³/mol. The zero-order valence-electron chi connectivity index (χ0n) is 13.0. The normalized spacial score (nSPS) is 11.6. The van der Waals surface area contributed by atoms with Crippen molar-refractivity contribution in [3.05, 3.63) is 53.9 Å². The van der Waals surface area contributed by atoms with E-state index in [2.05, 4.69) is 36.1 Å². The number of hydrogen-bond acceptors (Lipinski definition) is 2. The van der Waals surface area contributed by atoms with Crippen molar-refractivity contribution in [1.29, 1.82) is 0 Å². The molecule has 0 amide bonds. The third-order valence-corrected chi connectivity index (χ3v) is 3.57. The van der Waals surface area contributed by atoms with Gasteiger partial charge < -0.3 is 4.74 Å². The first kappa shape index (κ1) is 17.1. The highest BCUT2D eigenvalue weighted by Crippen LogP contribution is 2.31. The fourth-order valence-corrected chi connectivity index (χ4v) is 2.15. The molecule has 0 aliphatic carbocycles. The van der Waals surface area contributed by atoms with Crippen LogP contribution in [0.15, 0.2) is 42.6 Å². The van der Waals surface area contributed by atoms with Gasteiger partial charge in [0.2, 0.25) is 0 Å². The molecule has 120 valence electrons. The lowest BCUT2D eigenvalue weighted by molar-refractivity contribution is -0.141. The third kappa shape index (κ3) is 5.46. The molecule has 6 heteroatoms. The highest BCUT2D eigenvalue weighted by molar-refractivity contribution is 6.83. The molecule has 0 bridgehead atoms. The van der Waals surface area contributed by atoms with Crippen LogP contribution in [0, 0.1) is 11.5 Å². The van der Waals surface area contributed by atoms with Crippen LogP contribution >= 0.6 is 0 Å². The first-order valence-electron chi connectivity index (χ1n) is 6.98. The summed E-state index contributed by atoms with van der Waals surface area (Å²) in [5.74, 6) is 3.64. The Bertz CT molecular complexity index is 737. The minimum Gasteiger partial charge on any atom is -0.457 e. The Morgan fingerprint density at radius 3 is 2.22 bits per heavy atom. The van der Waals surface area contributed by atoms with Crippen LogP contribution in [-0.4, -0.2) is 13.1 Å². The molecule has 0 N–H and O–H groups in total. The van der Waals surface area contributed by atoms with Gasteiger partial charge in [-0.2, -0.15) is 13.2 Å². The second-order valence-electron chi connectivity index (χ2n) is 6.00. The number of nitrogens with zero attached hydrogens (tertiary/aromatic N) is 1. The summed E-state index contributed by atoms with van der Waals surface area (Å²) >= 11 is 0. The van der Waals surface area contributed by atoms with Gasteiger partial charge in [0.05, 0.1) is 0 Å². The van der Waals surface area contributed by atoms with Crippen LogP contribution in [0.4, 0.5) is 13.2 Å². The summed E-state index contributed by atoms with van der Waals surface area (Å²) in [6.45, 7) is 6.46. The Kier molecular flexibility index (Phi) is 4.81. The lowest BCUT2D eigenvalue weighted by atomic mass is 10.2. The van der Waals surface area contributed by atoms with Gasteiger partial charge in [-0.3, -0.25) is 4.98 Å². The average molecular weight is 335 g/mol. The van der Waals surface area contributed by atoms with Crippen molar-refractivity contribution < 1.29 is 17.9 Å². The molecule has 0 saturated heterocycles. The van der Waals surface area contributed by atoms with Gasteiger partial charge in [0, 0.05) is 17.8 Å². The van der Waals surface area contributed by atoms with Crippen molar-refractivity contribution in [3.63, 3.8) is 0 Å². The Hall–Kier alpha value is -2.26. The summed E-state index contributed by atoms with van der Waals surface area (Å²) in [6.07, 6.45) is -3.42. The summed E-state index contributed by atoms with van der Waals surface area (Å²) in [5, 5.41) is 0. The largest absolute Gasteiger partial charge is 0.457 e. The maximum Gasteiger partial charge on any atom is 0.433 e. The lowest BCUT2D eigenvalue weighted by Crippen LogP contribution is -2.16. The van der Waals surface area contributed by atoms with E-state index in [-0.39, 0.29) is 5.75 Å². The zero-order chi connectivity index (χ0) is 17.1. The SMILES string of the molecule is C[Si](C)(C)C#Cc1ccc(Oc2ccnc(C(F)(F)F)c2)cc1. The number of pyridine rings is 1. The highest BCUT2D eigenvalue weighted by Gasteiger charge is 2.32. The van der Waals surface area contributed by atoms with Gasteiger partial charge in [-0.05, 0) is 30.3 Å². The van der Waals surface area contributed by atoms with Crippen molar-refractivity contribution in [2.45, 2.75) is 25.8 Å². The minimum absolute atomic E-state index is 0.0910. The number of alkyl halides is 3. The van der Waals surface area contributed by atoms with Crippen LogP contribution < -0.4 is 4.74 Å². The summed E-state index contributed by atoms with van der Waals surface area (Å²) in [4.78, 5) is 3.29. The second kappa shape index (κ2) is 6.47. The van der Waals surface area contributed by atoms with Gasteiger partial charge in [-0.25, -0.2) is 0 Å². The molecule has 0 unspecified atom stereocenters. The lowest BCUT2D eigenvalue weighted by Gasteiger charge is -2.09. The van der Waals surface area contributed by atoms with Crippen LogP contribution in [0.2, 0.25) is 19.6 Å². The molecule has 2 aromatic rings. The highest BCUT2D eigenvalue weighted by atomic mass is 28.3. The van der Waals surface area contributed by atoms with Gasteiger partial charge in [-0.15, -0.1) is 5.54 Å². The summed E-state index contributed by atoms with van der Waals surface area (Å²) < 4.78 is 43.3. The molecule has 1 heterocycles. The molecule has 0 aliphatic rings. The quantitative estimate of drug-likeness (QED) is 0.561. The van der Waals surface area contributed by atoms with Gasteiger partial charge in [-0.1, -0.05) is 25.6 Å². The topological polar surface area (TPSA) is 22.1 Å². The minimum atomic E-state index is -4.49. The van der Waals surface area contributed by atoms with Crippen molar-refractivity contribution in [2.75, 3.05) is 0 Å². The standard InChI is InChI=1S/C17H16F3NOSi/c1-23(2,3)11-9-13-4-6-14(7-5-13)22-15-8-10-21-16(12-15)17(18,19)20/h4-8,10,12H,1-3H3. The molecule has 0 saturated carbocycles. The van der Waals surface area contributed by atoms with Crippen LogP contribution in [0.1, 0.15) is 11.3 Å². The monoisotopic (exact) mass is 335 g/mol. The molecule has 0 spiro atoms. The van der Waals surface area contributed by atoms with E-state index in [0.29, 0.717) is 5.75 Å². The Labute approximate surface area is 134 Å². The Morgan fingerprint density at radius 2 is 1.65 bits per heavy atom. The predicted octanol–water partition coefficient (Wildman–Crippen LogP) is 5.12. The molecule has 2 nitrogen and oxygen atoms in total. The molecule has 0 fully saturated rings. The van der Waals surface area contributed by atoms with Crippen molar-refractivity contribution in [3.8, 4) is 23.0 Å². The van der Waals surface area contributed by atoms with E-state index >= 15 is 0 Å². The van der Waals surface area contributed by atoms with Crippen LogP contribution in [0.3, 0.4) is 0 Å². The molecule has 0 radical (unpaired) electrons. The Morgan fingerprint density at radius 1 is 1.00 bits per heavy atom. The van der Waals surface area contributed by atoms with E-state index in [9.17, 15) is 13.2 Å². The summed E-state index contributed by atoms with van der Waals surface area (Å²) in [5.41, 5.74) is 3.12. The van der Waals surface area contributed by atoms with Gasteiger partial charge >= 0.3 is 6.18 Å². The van der Waals surface area contributed by atoms with Crippen molar-refractivity contribution >= 4 is 8.07 Å². The van der Waals surface area contributed by atoms with E-state index in [0.717, 1.165) is 17.8 Å². The van der Waals surface area contributed by atoms with Crippen LogP contribution in [0.25, 0.3) is 0 Å². The number of rotatable bonds is 2. The van der Waals surface area contributed by atoms with Crippen molar-refractivity contribution in [1.82, 2.24) is 4.98 Å². The third-order valence-electron chi connectivity index (χ3n) is 2.69. The van der Waals surface area contributed by atoms with Crippen LogP contribution in [-0.2, 0) is 6.18 Å². The average Bonchev–Trinajstić information content (AvgIpc) is 2.45. The fraction of sp³-hybridized carbons (Fsp3) is 0.235. The second-order valence-corrected chi connectivity index (χ2v) is 10.8. The summed E-state index contributed by atoms with van der Waals surface area (Å²) in [7, 11) is -1.44. The van der Waals surface area contributed by atoms with Crippen LogP contribution in [0.5, 0.6) is 11.5 Å². The van der Waals surface area contributed by atoms with E-state index in [4.69, 9.17) is 4.74 Å². The molecular weight excluding hydrogens is 319 g/mol. The van der Waals surface area contributed by atoms with Gasteiger partial charge in [0.1, 0.15) is 25.3 Å². The molecule has 23 heavy (non-hydrogen) atoms. The number of ether oxygens (including phenoxy) is 1. The molecular formula is C17H16F3NOSi. The van der Waals surface area contributed by atoms with E-state index in [1.54, 1.807) is 24.3 Å². The zero-order valence-corrected chi connectivity index (χ0v) is 14.0. The number of benzene rings is 1. The number of hydrogen-bond donors (Lipinski definition) is 0.